The van der Waals surface area contributed by atoms with E-state index in [1.807, 2.05) is 4.90 Å². The summed E-state index contributed by atoms with van der Waals surface area (Å²) in [5, 5.41) is 0. The van der Waals surface area contributed by atoms with Crippen molar-refractivity contribution in [2.24, 2.45) is 5.73 Å². The third-order valence-electron chi connectivity index (χ3n) is 5.81. The molecule has 1 unspecified atom stereocenters. The third-order valence-corrected chi connectivity index (χ3v) is 5.81. The summed E-state index contributed by atoms with van der Waals surface area (Å²) in [5.41, 5.74) is 9.19. The van der Waals surface area contributed by atoms with Gasteiger partial charge in [0.05, 0.1) is 5.56 Å². The molecule has 1 atom stereocenters. The van der Waals surface area contributed by atoms with Crippen molar-refractivity contribution in [3.63, 3.8) is 0 Å². The summed E-state index contributed by atoms with van der Waals surface area (Å²) in [6.07, 6.45) is 9.81. The number of hydrogen-bond acceptors (Lipinski definition) is 2. The molecule has 0 bridgehead atoms. The van der Waals surface area contributed by atoms with E-state index in [0.29, 0.717) is 12.6 Å². The lowest BCUT2D eigenvalue weighted by Crippen LogP contribution is -2.47. The van der Waals surface area contributed by atoms with Crippen molar-refractivity contribution >= 4 is 5.91 Å². The monoisotopic (exact) mass is 317 g/mol. The van der Waals surface area contributed by atoms with Crippen molar-refractivity contribution in [2.75, 3.05) is 13.1 Å². The van der Waals surface area contributed by atoms with Crippen molar-refractivity contribution in [3.05, 3.63) is 23.0 Å². The molecule has 3 rings (SSSR count). The lowest BCUT2D eigenvalue weighted by Gasteiger charge is -2.35. The fourth-order valence-corrected chi connectivity index (χ4v) is 4.56. The summed E-state index contributed by atoms with van der Waals surface area (Å²) in [4.78, 5) is 15.1. The number of likely N-dealkylation sites (tertiary alicyclic amines) is 1. The fourth-order valence-electron chi connectivity index (χ4n) is 4.56. The maximum absolute atomic E-state index is 13.1. The predicted molar refractivity (Wildman–Crippen MR) is 93.8 cm³/mol. The molecule has 1 aliphatic carbocycles. The van der Waals surface area contributed by atoms with Gasteiger partial charge in [0, 0.05) is 36.6 Å². The zero-order valence-corrected chi connectivity index (χ0v) is 14.7. The number of aryl methyl sites for hydroxylation is 1. The van der Waals surface area contributed by atoms with Gasteiger partial charge in [-0.25, -0.2) is 0 Å². The Morgan fingerprint density at radius 1 is 1.13 bits per heavy atom. The molecular formula is C19H31N3O. The van der Waals surface area contributed by atoms with Crippen LogP contribution in [0.1, 0.15) is 79.2 Å². The molecule has 128 valence electrons. The first kappa shape index (κ1) is 16.6. The van der Waals surface area contributed by atoms with Crippen LogP contribution in [0.25, 0.3) is 0 Å². The van der Waals surface area contributed by atoms with E-state index in [4.69, 9.17) is 5.73 Å². The second-order valence-electron chi connectivity index (χ2n) is 7.33. The lowest BCUT2D eigenvalue weighted by molar-refractivity contribution is 0.0622. The number of carbonyl (C=O) groups is 1. The molecule has 2 aliphatic rings. The second kappa shape index (κ2) is 7.08. The van der Waals surface area contributed by atoms with Gasteiger partial charge in [0.2, 0.25) is 0 Å². The molecule has 1 saturated heterocycles. The average Bonchev–Trinajstić information content (AvgIpc) is 2.89. The van der Waals surface area contributed by atoms with Crippen LogP contribution in [0.2, 0.25) is 0 Å². The Kier molecular flexibility index (Phi) is 5.10. The predicted octanol–water partition coefficient (Wildman–Crippen LogP) is 3.56. The minimum absolute atomic E-state index is 0.190. The number of nitrogens with zero attached hydrogens (tertiary/aromatic N) is 2. The number of carbonyl (C=O) groups excluding carboxylic acids is 1. The first-order valence-electron chi connectivity index (χ1n) is 9.33. The van der Waals surface area contributed by atoms with E-state index >= 15 is 0 Å². The van der Waals surface area contributed by atoms with Gasteiger partial charge in [0.15, 0.2) is 0 Å². The van der Waals surface area contributed by atoms with Crippen LogP contribution in [0.3, 0.4) is 0 Å². The van der Waals surface area contributed by atoms with E-state index in [9.17, 15) is 4.79 Å². The van der Waals surface area contributed by atoms with E-state index in [1.54, 1.807) is 0 Å². The Hall–Kier alpha value is -1.29. The van der Waals surface area contributed by atoms with Crippen LogP contribution in [-0.2, 0) is 0 Å². The molecule has 1 saturated carbocycles. The number of piperidine rings is 1. The number of rotatable bonds is 3. The zero-order chi connectivity index (χ0) is 16.4. The highest BCUT2D eigenvalue weighted by atomic mass is 16.2. The van der Waals surface area contributed by atoms with Gasteiger partial charge < -0.3 is 15.2 Å². The minimum atomic E-state index is 0.190. The Morgan fingerprint density at radius 2 is 1.83 bits per heavy atom. The van der Waals surface area contributed by atoms with Crippen molar-refractivity contribution in [1.82, 2.24) is 9.47 Å². The quantitative estimate of drug-likeness (QED) is 0.926. The topological polar surface area (TPSA) is 51.3 Å². The zero-order valence-electron chi connectivity index (χ0n) is 14.7. The van der Waals surface area contributed by atoms with E-state index < -0.39 is 0 Å². The highest BCUT2D eigenvalue weighted by molar-refractivity contribution is 5.96. The maximum Gasteiger partial charge on any atom is 0.255 e. The van der Waals surface area contributed by atoms with Crippen molar-refractivity contribution in [1.29, 1.82) is 0 Å². The van der Waals surface area contributed by atoms with Gasteiger partial charge in [-0.05, 0) is 52.0 Å². The smallest absolute Gasteiger partial charge is 0.255 e. The maximum atomic E-state index is 13.1. The molecule has 0 spiro atoms. The second-order valence-corrected chi connectivity index (χ2v) is 7.33. The highest BCUT2D eigenvalue weighted by Gasteiger charge is 2.30. The molecule has 1 aliphatic heterocycles. The number of aromatic nitrogens is 1. The largest absolute Gasteiger partial charge is 0.345 e. The Balaban J connectivity index is 1.86. The molecule has 4 heteroatoms. The van der Waals surface area contributed by atoms with Crippen LogP contribution >= 0.6 is 0 Å². The van der Waals surface area contributed by atoms with E-state index in [2.05, 4.69) is 24.5 Å². The van der Waals surface area contributed by atoms with Crippen LogP contribution in [0.5, 0.6) is 0 Å². The summed E-state index contributed by atoms with van der Waals surface area (Å²) in [5.74, 6) is 0.190. The van der Waals surface area contributed by atoms with E-state index in [0.717, 1.165) is 30.6 Å². The van der Waals surface area contributed by atoms with E-state index in [-0.39, 0.29) is 11.9 Å². The summed E-state index contributed by atoms with van der Waals surface area (Å²) < 4.78 is 2.42. The van der Waals surface area contributed by atoms with Crippen LogP contribution in [-0.4, -0.2) is 34.5 Å². The summed E-state index contributed by atoms with van der Waals surface area (Å²) in [6.45, 7) is 5.70. The first-order chi connectivity index (χ1) is 11.1. The molecule has 1 aromatic rings. The van der Waals surface area contributed by atoms with Gasteiger partial charge >= 0.3 is 0 Å². The van der Waals surface area contributed by atoms with E-state index in [1.165, 1.54) is 44.2 Å². The molecule has 23 heavy (non-hydrogen) atoms. The molecule has 2 fully saturated rings. The van der Waals surface area contributed by atoms with Crippen LogP contribution in [0.4, 0.5) is 0 Å². The number of amides is 1. The molecule has 4 nitrogen and oxygen atoms in total. The van der Waals surface area contributed by atoms with Crippen LogP contribution in [0.15, 0.2) is 6.07 Å². The van der Waals surface area contributed by atoms with Crippen molar-refractivity contribution < 1.29 is 4.79 Å². The van der Waals surface area contributed by atoms with Gasteiger partial charge in [0.25, 0.3) is 5.91 Å². The standard InChI is InChI=1S/C19H31N3O/c1-14-12-18(15(2)22(14)16-8-4-3-5-9-16)19(23)21-11-7-6-10-17(21)13-20/h12,16-17H,3-11,13,20H2,1-2H3. The fraction of sp³-hybridized carbons (Fsp3) is 0.737. The summed E-state index contributed by atoms with van der Waals surface area (Å²) in [7, 11) is 0. The van der Waals surface area contributed by atoms with Gasteiger partial charge in [-0.1, -0.05) is 19.3 Å². The molecular weight excluding hydrogens is 286 g/mol. The van der Waals surface area contributed by atoms with Crippen molar-refractivity contribution in [3.8, 4) is 0 Å². The number of nitrogens with two attached hydrogens (primary N) is 1. The molecule has 0 aromatic carbocycles. The Morgan fingerprint density at radius 3 is 2.52 bits per heavy atom. The molecule has 2 heterocycles. The molecule has 1 amide bonds. The van der Waals surface area contributed by atoms with Crippen molar-refractivity contribution in [2.45, 2.75) is 77.3 Å². The minimum Gasteiger partial charge on any atom is -0.345 e. The van der Waals surface area contributed by atoms with Gasteiger partial charge in [-0.2, -0.15) is 0 Å². The third kappa shape index (κ3) is 3.18. The van der Waals surface area contributed by atoms with Crippen LogP contribution in [0, 0.1) is 13.8 Å². The summed E-state index contributed by atoms with van der Waals surface area (Å²) in [6, 6.07) is 2.90. The highest BCUT2D eigenvalue weighted by Crippen LogP contribution is 2.33. The average molecular weight is 317 g/mol. The van der Waals surface area contributed by atoms with Gasteiger partial charge in [-0.15, -0.1) is 0 Å². The number of hydrogen-bond donors (Lipinski definition) is 1. The first-order valence-corrected chi connectivity index (χ1v) is 9.33. The summed E-state index contributed by atoms with van der Waals surface area (Å²) >= 11 is 0. The SMILES string of the molecule is Cc1cc(C(=O)N2CCCCC2CN)c(C)n1C1CCCCC1. The Bertz CT molecular complexity index is 557. The van der Waals surface area contributed by atoms with Gasteiger partial charge in [-0.3, -0.25) is 4.79 Å². The lowest BCUT2D eigenvalue weighted by atomic mass is 9.95. The van der Waals surface area contributed by atoms with Gasteiger partial charge in [0.1, 0.15) is 0 Å². The molecule has 2 N–H and O–H groups in total. The van der Waals surface area contributed by atoms with Crippen LogP contribution < -0.4 is 5.73 Å². The molecule has 1 aromatic heterocycles. The Labute approximate surface area is 140 Å². The molecule has 0 radical (unpaired) electrons. The normalized spacial score (nSPS) is 23.3.